The third kappa shape index (κ3) is 4.57. The number of carbonyl (C=O) groups excluding carboxylic acids is 1. The SMILES string of the molecule is Cc1ccccc1[C@@H]1[C@H]2CNC[C@H]2CN1C(=O)c1ccc(N2CCCCC2)cc1.Cl.Cl. The number of hydrogen-bond acceptors (Lipinski definition) is 3. The summed E-state index contributed by atoms with van der Waals surface area (Å²) < 4.78 is 0. The molecule has 0 spiro atoms. The molecule has 0 aromatic heterocycles. The first-order valence-corrected chi connectivity index (χ1v) is 11.1. The maximum Gasteiger partial charge on any atom is 0.254 e. The Morgan fingerprint density at radius 2 is 1.65 bits per heavy atom. The highest BCUT2D eigenvalue weighted by atomic mass is 35.5. The number of likely N-dealkylation sites (tertiary alicyclic amines) is 1. The van der Waals surface area contributed by atoms with Crippen molar-refractivity contribution in [1.29, 1.82) is 0 Å². The molecule has 1 amide bonds. The fourth-order valence-electron chi connectivity index (χ4n) is 5.58. The molecule has 3 aliphatic heterocycles. The average molecular weight is 462 g/mol. The lowest BCUT2D eigenvalue weighted by molar-refractivity contribution is 0.0713. The number of hydrogen-bond donors (Lipinski definition) is 1. The van der Waals surface area contributed by atoms with Crippen LogP contribution in [0, 0.1) is 18.8 Å². The smallest absolute Gasteiger partial charge is 0.254 e. The summed E-state index contributed by atoms with van der Waals surface area (Å²) in [6, 6.07) is 17.1. The minimum absolute atomic E-state index is 0. The first-order valence-electron chi connectivity index (χ1n) is 11.1. The Labute approximate surface area is 198 Å². The quantitative estimate of drug-likeness (QED) is 0.708. The average Bonchev–Trinajstić information content (AvgIpc) is 3.36. The number of carbonyl (C=O) groups is 1. The number of aryl methyl sites for hydroxylation is 1. The van der Waals surface area contributed by atoms with E-state index >= 15 is 0 Å². The monoisotopic (exact) mass is 461 g/mol. The number of amides is 1. The molecule has 0 aliphatic carbocycles. The third-order valence-electron chi connectivity index (χ3n) is 7.17. The number of fused-ring (bicyclic) bond motifs is 1. The van der Waals surface area contributed by atoms with Crippen molar-refractivity contribution in [2.45, 2.75) is 32.2 Å². The lowest BCUT2D eigenvalue weighted by Gasteiger charge is -2.30. The normalized spacial score (nSPS) is 24.9. The van der Waals surface area contributed by atoms with Crippen molar-refractivity contribution >= 4 is 36.4 Å². The van der Waals surface area contributed by atoms with Crippen LogP contribution < -0.4 is 10.2 Å². The Morgan fingerprint density at radius 1 is 0.935 bits per heavy atom. The molecule has 0 unspecified atom stereocenters. The molecular formula is C25H33Cl2N3O. The lowest BCUT2D eigenvalue weighted by Crippen LogP contribution is -2.35. The fourth-order valence-corrected chi connectivity index (χ4v) is 5.58. The second-order valence-corrected chi connectivity index (χ2v) is 8.94. The molecule has 3 heterocycles. The van der Waals surface area contributed by atoms with E-state index in [9.17, 15) is 4.79 Å². The summed E-state index contributed by atoms with van der Waals surface area (Å²) >= 11 is 0. The van der Waals surface area contributed by atoms with Crippen molar-refractivity contribution in [3.8, 4) is 0 Å². The Balaban J connectivity index is 0.00000136. The Bertz CT molecular complexity index is 883. The zero-order valence-electron chi connectivity index (χ0n) is 18.1. The van der Waals surface area contributed by atoms with Crippen LogP contribution in [0.3, 0.4) is 0 Å². The highest BCUT2D eigenvalue weighted by molar-refractivity contribution is 5.95. The van der Waals surface area contributed by atoms with Crippen molar-refractivity contribution in [1.82, 2.24) is 10.2 Å². The molecule has 0 radical (unpaired) electrons. The molecule has 2 aromatic rings. The van der Waals surface area contributed by atoms with Crippen LogP contribution >= 0.6 is 24.8 Å². The molecule has 1 N–H and O–H groups in total. The molecule has 6 heteroatoms. The van der Waals surface area contributed by atoms with Crippen LogP contribution in [-0.4, -0.2) is 43.5 Å². The maximum atomic E-state index is 13.6. The summed E-state index contributed by atoms with van der Waals surface area (Å²) in [7, 11) is 0. The number of anilines is 1. The van der Waals surface area contributed by atoms with Gasteiger partial charge in [0.05, 0.1) is 6.04 Å². The van der Waals surface area contributed by atoms with Crippen LogP contribution in [0.2, 0.25) is 0 Å². The van der Waals surface area contributed by atoms with Crippen LogP contribution in [0.5, 0.6) is 0 Å². The van der Waals surface area contributed by atoms with Gasteiger partial charge in [0.2, 0.25) is 0 Å². The van der Waals surface area contributed by atoms with Crippen molar-refractivity contribution in [3.63, 3.8) is 0 Å². The number of halogens is 2. The molecule has 168 valence electrons. The fraction of sp³-hybridized carbons (Fsp3) is 0.480. The summed E-state index contributed by atoms with van der Waals surface area (Å²) in [4.78, 5) is 18.1. The Hall–Kier alpha value is -1.75. The molecule has 4 nitrogen and oxygen atoms in total. The highest BCUT2D eigenvalue weighted by Crippen LogP contribution is 2.44. The predicted octanol–water partition coefficient (Wildman–Crippen LogP) is 4.86. The van der Waals surface area contributed by atoms with Crippen LogP contribution in [0.4, 0.5) is 5.69 Å². The van der Waals surface area contributed by atoms with Crippen molar-refractivity contribution in [2.24, 2.45) is 11.8 Å². The van der Waals surface area contributed by atoms with E-state index in [1.165, 1.54) is 36.1 Å². The van der Waals surface area contributed by atoms with Crippen LogP contribution in [-0.2, 0) is 0 Å². The number of rotatable bonds is 3. The van der Waals surface area contributed by atoms with Gasteiger partial charge in [-0.25, -0.2) is 0 Å². The van der Waals surface area contributed by atoms with Gasteiger partial charge >= 0.3 is 0 Å². The molecule has 5 rings (SSSR count). The van der Waals surface area contributed by atoms with E-state index in [0.717, 1.165) is 38.3 Å². The first kappa shape index (κ1) is 23.9. The molecular weight excluding hydrogens is 429 g/mol. The number of benzene rings is 2. The van der Waals surface area contributed by atoms with Gasteiger partial charge in [0.15, 0.2) is 0 Å². The van der Waals surface area contributed by atoms with Crippen molar-refractivity contribution in [2.75, 3.05) is 37.6 Å². The van der Waals surface area contributed by atoms with E-state index in [2.05, 4.69) is 58.4 Å². The summed E-state index contributed by atoms with van der Waals surface area (Å²) in [6.07, 6.45) is 3.87. The lowest BCUT2D eigenvalue weighted by atomic mass is 9.87. The molecule has 3 saturated heterocycles. The number of nitrogens with zero attached hydrogens (tertiary/aromatic N) is 2. The van der Waals surface area contributed by atoms with Gasteiger partial charge in [-0.15, -0.1) is 24.8 Å². The molecule has 3 atom stereocenters. The summed E-state index contributed by atoms with van der Waals surface area (Å²) in [5.41, 5.74) is 4.65. The first-order chi connectivity index (χ1) is 14.2. The summed E-state index contributed by atoms with van der Waals surface area (Å²) in [6.45, 7) is 7.30. The standard InChI is InChI=1S/C25H31N3O.2ClH/c1-18-7-3-4-8-22(18)24-23-16-26-15-20(23)17-28(24)25(29)19-9-11-21(12-10-19)27-13-5-2-6-14-27;;/h3-4,7-12,20,23-24,26H,2,5-6,13-17H2,1H3;2*1H/t20-,23-,24+;;/m0../s1. The maximum absolute atomic E-state index is 13.6. The minimum atomic E-state index is 0. The number of piperidine rings is 1. The van der Waals surface area contributed by atoms with Gasteiger partial charge < -0.3 is 15.1 Å². The van der Waals surface area contributed by atoms with Gasteiger partial charge in [-0.3, -0.25) is 4.79 Å². The van der Waals surface area contributed by atoms with E-state index in [4.69, 9.17) is 0 Å². The van der Waals surface area contributed by atoms with E-state index in [0.29, 0.717) is 11.8 Å². The van der Waals surface area contributed by atoms with Crippen molar-refractivity contribution in [3.05, 3.63) is 65.2 Å². The van der Waals surface area contributed by atoms with Gasteiger partial charge in [-0.2, -0.15) is 0 Å². The molecule has 3 fully saturated rings. The van der Waals surface area contributed by atoms with Gasteiger partial charge in [-0.05, 0) is 67.5 Å². The van der Waals surface area contributed by atoms with Crippen LogP contribution in [0.15, 0.2) is 48.5 Å². The van der Waals surface area contributed by atoms with Crippen molar-refractivity contribution < 1.29 is 4.79 Å². The largest absolute Gasteiger partial charge is 0.372 e. The predicted molar refractivity (Wildman–Crippen MR) is 132 cm³/mol. The summed E-state index contributed by atoms with van der Waals surface area (Å²) in [5.74, 6) is 1.24. The zero-order valence-corrected chi connectivity index (χ0v) is 19.8. The molecule has 3 aliphatic rings. The molecule has 31 heavy (non-hydrogen) atoms. The third-order valence-corrected chi connectivity index (χ3v) is 7.17. The van der Waals surface area contributed by atoms with Gasteiger partial charge in [-0.1, -0.05) is 24.3 Å². The zero-order chi connectivity index (χ0) is 19.8. The topological polar surface area (TPSA) is 35.6 Å². The number of nitrogens with one attached hydrogen (secondary N) is 1. The molecule has 2 aromatic carbocycles. The Kier molecular flexibility index (Phi) is 7.90. The minimum Gasteiger partial charge on any atom is -0.372 e. The summed E-state index contributed by atoms with van der Waals surface area (Å²) in [5, 5.41) is 3.54. The van der Waals surface area contributed by atoms with Gasteiger partial charge in [0, 0.05) is 49.9 Å². The van der Waals surface area contributed by atoms with Crippen LogP contribution in [0.25, 0.3) is 0 Å². The van der Waals surface area contributed by atoms with Gasteiger partial charge in [0.1, 0.15) is 0 Å². The second-order valence-electron chi connectivity index (χ2n) is 8.94. The second kappa shape index (κ2) is 10.2. The van der Waals surface area contributed by atoms with Crippen LogP contribution in [0.1, 0.15) is 46.8 Å². The van der Waals surface area contributed by atoms with E-state index in [1.54, 1.807) is 0 Å². The van der Waals surface area contributed by atoms with E-state index < -0.39 is 0 Å². The van der Waals surface area contributed by atoms with E-state index in [1.807, 2.05) is 12.1 Å². The van der Waals surface area contributed by atoms with E-state index in [-0.39, 0.29) is 36.8 Å². The molecule has 0 saturated carbocycles. The van der Waals surface area contributed by atoms with Gasteiger partial charge in [0.25, 0.3) is 5.91 Å². The molecule has 0 bridgehead atoms. The Morgan fingerprint density at radius 3 is 2.35 bits per heavy atom. The highest BCUT2D eigenvalue weighted by Gasteiger charge is 2.47.